The van der Waals surface area contributed by atoms with E-state index in [2.05, 4.69) is 4.98 Å². The second kappa shape index (κ2) is 9.13. The van der Waals surface area contributed by atoms with E-state index in [1.807, 2.05) is 0 Å². The molecule has 3 rings (SSSR count). The Morgan fingerprint density at radius 1 is 1.16 bits per heavy atom. The molecule has 0 atom stereocenters. The summed E-state index contributed by atoms with van der Waals surface area (Å²) in [5, 5.41) is 0. The van der Waals surface area contributed by atoms with Crippen molar-refractivity contribution in [1.29, 1.82) is 0 Å². The molecule has 1 aromatic heterocycles. The van der Waals surface area contributed by atoms with Gasteiger partial charge in [-0.1, -0.05) is 12.1 Å². The summed E-state index contributed by atoms with van der Waals surface area (Å²) in [5.74, 6) is -0.525. The number of benzene rings is 2. The smallest absolute Gasteiger partial charge is 0.338 e. The quantitative estimate of drug-likeness (QED) is 0.487. The summed E-state index contributed by atoms with van der Waals surface area (Å²) in [6.07, 6.45) is 2.25. The Labute approximate surface area is 177 Å². The lowest BCUT2D eigenvalue weighted by molar-refractivity contribution is 0.0376. The van der Waals surface area contributed by atoms with Gasteiger partial charge in [0.15, 0.2) is 5.82 Å². The summed E-state index contributed by atoms with van der Waals surface area (Å²) in [5.41, 5.74) is 0.414. The molecule has 0 N–H and O–H groups in total. The molecule has 8 nitrogen and oxygen atoms in total. The molecule has 0 amide bonds. The number of methoxy groups -OCH3 is 1. The van der Waals surface area contributed by atoms with E-state index in [4.69, 9.17) is 9.47 Å². The van der Waals surface area contributed by atoms with Gasteiger partial charge in [0, 0.05) is 19.4 Å². The van der Waals surface area contributed by atoms with Crippen LogP contribution in [-0.2, 0) is 21.4 Å². The Hall–Kier alpha value is -3.47. The van der Waals surface area contributed by atoms with Crippen LogP contribution in [-0.4, -0.2) is 38.1 Å². The topological polar surface area (TPSA) is 90.7 Å². The van der Waals surface area contributed by atoms with Gasteiger partial charge in [0.05, 0.1) is 23.3 Å². The van der Waals surface area contributed by atoms with Crippen molar-refractivity contribution in [3.63, 3.8) is 0 Å². The van der Waals surface area contributed by atoms with Crippen molar-refractivity contribution in [2.45, 2.75) is 18.1 Å². The van der Waals surface area contributed by atoms with Crippen molar-refractivity contribution in [2.75, 3.05) is 18.5 Å². The molecule has 0 saturated heterocycles. The number of rotatable bonds is 8. The highest BCUT2D eigenvalue weighted by molar-refractivity contribution is 7.92. The minimum absolute atomic E-state index is 0.0503. The minimum atomic E-state index is -3.93. The largest absolute Gasteiger partial charge is 0.495 e. The zero-order valence-corrected chi connectivity index (χ0v) is 17.4. The first-order chi connectivity index (χ1) is 14.8. The van der Waals surface area contributed by atoms with Gasteiger partial charge in [0.25, 0.3) is 10.0 Å². The van der Waals surface area contributed by atoms with Crippen LogP contribution in [0.2, 0.25) is 0 Å². The standard InChI is InChI=1S/C20H19F2N3O5S/c1-24(16-5-3-4-6-17(16)29-2)31(27,28)15-9-7-14(8-10-15)19(26)30-13-18-23-11-12-25(18)20(21)22/h3-12,20H,13H2,1-2H3. The number of halogens is 2. The highest BCUT2D eigenvalue weighted by Crippen LogP contribution is 2.30. The van der Waals surface area contributed by atoms with Gasteiger partial charge < -0.3 is 9.47 Å². The molecule has 0 bridgehead atoms. The van der Waals surface area contributed by atoms with Gasteiger partial charge in [-0.2, -0.15) is 8.78 Å². The summed E-state index contributed by atoms with van der Waals surface area (Å²) in [6, 6.07) is 11.7. The fourth-order valence-corrected chi connectivity index (χ4v) is 3.99. The molecular formula is C20H19F2N3O5S. The van der Waals surface area contributed by atoms with Crippen molar-refractivity contribution in [3.05, 3.63) is 72.3 Å². The van der Waals surface area contributed by atoms with Crippen LogP contribution < -0.4 is 9.04 Å². The van der Waals surface area contributed by atoms with Gasteiger partial charge in [-0.25, -0.2) is 18.2 Å². The molecule has 0 unspecified atom stereocenters. The van der Waals surface area contributed by atoms with Gasteiger partial charge in [0.1, 0.15) is 12.4 Å². The van der Waals surface area contributed by atoms with Crippen molar-refractivity contribution < 1.29 is 31.5 Å². The van der Waals surface area contributed by atoms with Crippen LogP contribution in [0.1, 0.15) is 22.7 Å². The molecule has 0 saturated carbocycles. The third-order valence-electron chi connectivity index (χ3n) is 4.46. The summed E-state index contributed by atoms with van der Waals surface area (Å²) in [6.45, 7) is -3.26. The van der Waals surface area contributed by atoms with E-state index in [0.29, 0.717) is 16.0 Å². The average Bonchev–Trinajstić information content (AvgIpc) is 3.26. The van der Waals surface area contributed by atoms with E-state index in [1.54, 1.807) is 24.3 Å². The lowest BCUT2D eigenvalue weighted by atomic mass is 10.2. The maximum absolute atomic E-state index is 12.9. The SMILES string of the molecule is COc1ccccc1N(C)S(=O)(=O)c1ccc(C(=O)OCc2nccn2C(F)F)cc1. The van der Waals surface area contributed by atoms with E-state index in [-0.39, 0.29) is 16.3 Å². The zero-order chi connectivity index (χ0) is 22.6. The molecule has 0 aliphatic heterocycles. The molecule has 0 radical (unpaired) electrons. The monoisotopic (exact) mass is 451 g/mol. The number of aromatic nitrogens is 2. The van der Waals surface area contributed by atoms with Gasteiger partial charge in [-0.3, -0.25) is 8.87 Å². The van der Waals surface area contributed by atoms with E-state index in [1.165, 1.54) is 44.6 Å². The number of carbonyl (C=O) groups is 1. The number of ether oxygens (including phenoxy) is 2. The fourth-order valence-electron chi connectivity index (χ4n) is 2.79. The number of anilines is 1. The summed E-state index contributed by atoms with van der Waals surface area (Å²) in [7, 11) is -1.10. The van der Waals surface area contributed by atoms with Crippen LogP contribution in [0.4, 0.5) is 14.5 Å². The third kappa shape index (κ3) is 4.66. The van der Waals surface area contributed by atoms with Crippen LogP contribution in [0.25, 0.3) is 0 Å². The Balaban J connectivity index is 1.74. The molecule has 0 spiro atoms. The summed E-state index contributed by atoms with van der Waals surface area (Å²) >= 11 is 0. The van der Waals surface area contributed by atoms with Gasteiger partial charge in [-0.05, 0) is 36.4 Å². The van der Waals surface area contributed by atoms with E-state index in [9.17, 15) is 22.0 Å². The first-order valence-electron chi connectivity index (χ1n) is 8.94. The van der Waals surface area contributed by atoms with Crippen molar-refractivity contribution in [3.8, 4) is 5.75 Å². The van der Waals surface area contributed by atoms with Crippen LogP contribution in [0, 0.1) is 0 Å². The lowest BCUT2D eigenvalue weighted by Gasteiger charge is -2.21. The van der Waals surface area contributed by atoms with Crippen molar-refractivity contribution in [2.24, 2.45) is 0 Å². The molecule has 3 aromatic rings. The molecule has 0 aliphatic rings. The van der Waals surface area contributed by atoms with E-state index in [0.717, 1.165) is 10.5 Å². The first kappa shape index (κ1) is 22.2. The minimum Gasteiger partial charge on any atom is -0.495 e. The molecule has 31 heavy (non-hydrogen) atoms. The average molecular weight is 451 g/mol. The molecule has 164 valence electrons. The highest BCUT2D eigenvalue weighted by Gasteiger charge is 2.24. The van der Waals surface area contributed by atoms with Gasteiger partial charge in [-0.15, -0.1) is 0 Å². The highest BCUT2D eigenvalue weighted by atomic mass is 32.2. The Kier molecular flexibility index (Phi) is 6.54. The Bertz CT molecular complexity index is 1160. The molecule has 11 heteroatoms. The lowest BCUT2D eigenvalue weighted by Crippen LogP contribution is -2.27. The van der Waals surface area contributed by atoms with Crippen molar-refractivity contribution >= 4 is 21.7 Å². The molecule has 1 heterocycles. The zero-order valence-electron chi connectivity index (χ0n) is 16.6. The Morgan fingerprint density at radius 3 is 2.48 bits per heavy atom. The first-order valence-corrected chi connectivity index (χ1v) is 10.4. The van der Waals surface area contributed by atoms with Gasteiger partial charge >= 0.3 is 12.5 Å². The summed E-state index contributed by atoms with van der Waals surface area (Å²) in [4.78, 5) is 15.9. The second-order valence-electron chi connectivity index (χ2n) is 6.27. The number of alkyl halides is 2. The molecule has 0 aliphatic carbocycles. The normalized spacial score (nSPS) is 11.4. The van der Waals surface area contributed by atoms with E-state index >= 15 is 0 Å². The number of hydrogen-bond acceptors (Lipinski definition) is 6. The maximum atomic E-state index is 12.9. The van der Waals surface area contributed by atoms with Crippen LogP contribution in [0.5, 0.6) is 5.75 Å². The van der Waals surface area contributed by atoms with Crippen molar-refractivity contribution in [1.82, 2.24) is 9.55 Å². The fraction of sp³-hybridized carbons (Fsp3) is 0.200. The predicted octanol–water partition coefficient (Wildman–Crippen LogP) is 3.47. The third-order valence-corrected chi connectivity index (χ3v) is 6.25. The number of carbonyl (C=O) groups excluding carboxylic acids is 1. The molecule has 2 aromatic carbocycles. The number of hydrogen-bond donors (Lipinski definition) is 0. The van der Waals surface area contributed by atoms with Crippen LogP contribution >= 0.6 is 0 Å². The number of esters is 1. The summed E-state index contributed by atoms with van der Waals surface area (Å²) < 4.78 is 63.4. The second-order valence-corrected chi connectivity index (χ2v) is 8.24. The van der Waals surface area contributed by atoms with E-state index < -0.39 is 29.1 Å². The van der Waals surface area contributed by atoms with Crippen LogP contribution in [0.3, 0.4) is 0 Å². The molecular weight excluding hydrogens is 432 g/mol. The molecule has 0 fully saturated rings. The maximum Gasteiger partial charge on any atom is 0.338 e. The number of sulfonamides is 1. The number of nitrogens with zero attached hydrogens (tertiary/aromatic N) is 3. The van der Waals surface area contributed by atoms with Crippen LogP contribution in [0.15, 0.2) is 65.8 Å². The predicted molar refractivity (Wildman–Crippen MR) is 108 cm³/mol. The Morgan fingerprint density at radius 2 is 1.84 bits per heavy atom. The number of para-hydroxylation sites is 2. The van der Waals surface area contributed by atoms with Gasteiger partial charge in [0.2, 0.25) is 0 Å². The number of imidazole rings is 1.